The summed E-state index contributed by atoms with van der Waals surface area (Å²) in [6.45, 7) is 11.4. The molecule has 0 amide bonds. The van der Waals surface area contributed by atoms with Crippen LogP contribution in [0.3, 0.4) is 0 Å². The molecular formula is C24H23F. The van der Waals surface area contributed by atoms with Crippen LogP contribution in [0.2, 0.25) is 0 Å². The molecule has 0 saturated heterocycles. The summed E-state index contributed by atoms with van der Waals surface area (Å²) < 4.78 is 13.8. The Kier molecular flexibility index (Phi) is 4.85. The zero-order chi connectivity index (χ0) is 18.0. The lowest BCUT2D eigenvalue weighted by molar-refractivity contribution is 0.651. The van der Waals surface area contributed by atoms with Crippen LogP contribution in [-0.2, 0) is 6.42 Å². The average Bonchev–Trinajstić information content (AvgIpc) is 2.61. The minimum atomic E-state index is -0.300. The topological polar surface area (TPSA) is 0 Å². The van der Waals surface area contributed by atoms with Crippen molar-refractivity contribution in [2.24, 2.45) is 0 Å². The first-order valence-corrected chi connectivity index (χ1v) is 8.57. The number of allylic oxidation sites excluding steroid dienone is 5. The van der Waals surface area contributed by atoms with Gasteiger partial charge in [-0.2, -0.15) is 0 Å². The van der Waals surface area contributed by atoms with Crippen molar-refractivity contribution in [1.82, 2.24) is 0 Å². The summed E-state index contributed by atoms with van der Waals surface area (Å²) in [4.78, 5) is 0. The van der Waals surface area contributed by atoms with Gasteiger partial charge in [0.05, 0.1) is 0 Å². The van der Waals surface area contributed by atoms with Gasteiger partial charge >= 0.3 is 0 Å². The lowest BCUT2D eigenvalue weighted by Gasteiger charge is -2.18. The van der Waals surface area contributed by atoms with Crippen molar-refractivity contribution in [2.45, 2.75) is 26.7 Å². The Hall–Kier alpha value is -2.67. The number of hydrogen-bond donors (Lipinski definition) is 0. The van der Waals surface area contributed by atoms with Crippen molar-refractivity contribution in [1.29, 1.82) is 0 Å². The molecule has 25 heavy (non-hydrogen) atoms. The summed E-state index contributed by atoms with van der Waals surface area (Å²) in [5, 5.41) is 0. The summed E-state index contributed by atoms with van der Waals surface area (Å²) in [5.74, 6) is -0.300. The zero-order valence-electron chi connectivity index (χ0n) is 14.9. The van der Waals surface area contributed by atoms with E-state index < -0.39 is 0 Å². The number of benzene rings is 2. The molecule has 1 aliphatic rings. The maximum atomic E-state index is 13.8. The molecule has 0 aromatic heterocycles. The quantitative estimate of drug-likeness (QED) is 0.531. The van der Waals surface area contributed by atoms with E-state index in [-0.39, 0.29) is 5.83 Å². The first-order chi connectivity index (χ1) is 11.9. The number of halogens is 1. The van der Waals surface area contributed by atoms with Gasteiger partial charge in [0.25, 0.3) is 0 Å². The van der Waals surface area contributed by atoms with Crippen molar-refractivity contribution in [2.75, 3.05) is 0 Å². The van der Waals surface area contributed by atoms with Crippen LogP contribution in [0, 0.1) is 6.92 Å². The number of rotatable bonds is 4. The summed E-state index contributed by atoms with van der Waals surface area (Å²) in [7, 11) is 0. The summed E-state index contributed by atoms with van der Waals surface area (Å²) in [6, 6.07) is 15.2. The van der Waals surface area contributed by atoms with E-state index in [1.54, 1.807) is 6.92 Å². The van der Waals surface area contributed by atoms with Gasteiger partial charge in [0, 0.05) is 0 Å². The van der Waals surface area contributed by atoms with E-state index in [4.69, 9.17) is 0 Å². The molecule has 0 saturated carbocycles. The van der Waals surface area contributed by atoms with Gasteiger partial charge < -0.3 is 0 Å². The summed E-state index contributed by atoms with van der Waals surface area (Å²) in [5.41, 5.74) is 8.52. The van der Waals surface area contributed by atoms with Crippen LogP contribution in [0.4, 0.5) is 4.39 Å². The fraction of sp³-hybridized carbons (Fsp3) is 0.167. The van der Waals surface area contributed by atoms with E-state index in [9.17, 15) is 4.39 Å². The predicted molar refractivity (Wildman–Crippen MR) is 106 cm³/mol. The predicted octanol–water partition coefficient (Wildman–Crippen LogP) is 6.98. The van der Waals surface area contributed by atoms with E-state index >= 15 is 0 Å². The highest BCUT2D eigenvalue weighted by Crippen LogP contribution is 2.32. The number of fused-ring (bicyclic) bond motifs is 1. The van der Waals surface area contributed by atoms with Gasteiger partial charge in [0.2, 0.25) is 0 Å². The molecule has 3 rings (SSSR count). The van der Waals surface area contributed by atoms with Gasteiger partial charge in [-0.3, -0.25) is 0 Å². The van der Waals surface area contributed by atoms with E-state index in [0.29, 0.717) is 5.57 Å². The normalized spacial score (nSPS) is 13.9. The van der Waals surface area contributed by atoms with Crippen molar-refractivity contribution in [3.8, 4) is 11.1 Å². The standard InChI is InChI=1S/C24H23F/c1-16(2)24(25)13-18(4)20-9-10-23-15-21(11-12-22(23)14-20)19-7-5-17(3)6-8-19/h5-8,11-15H,1,4,9-10H2,2-3H3/b24-13+. The second-order valence-electron chi connectivity index (χ2n) is 6.75. The fourth-order valence-electron chi connectivity index (χ4n) is 3.04. The molecule has 0 bridgehead atoms. The third-order valence-electron chi connectivity index (χ3n) is 4.64. The van der Waals surface area contributed by atoms with Gasteiger partial charge in [-0.05, 0) is 71.7 Å². The van der Waals surface area contributed by atoms with Crippen LogP contribution < -0.4 is 0 Å². The van der Waals surface area contributed by atoms with Gasteiger partial charge in [-0.15, -0.1) is 0 Å². The highest BCUT2D eigenvalue weighted by Gasteiger charge is 2.13. The molecule has 0 N–H and O–H groups in total. The molecule has 0 atom stereocenters. The third-order valence-corrected chi connectivity index (χ3v) is 4.64. The molecule has 0 radical (unpaired) electrons. The molecule has 0 spiro atoms. The number of aryl methyl sites for hydroxylation is 2. The lowest BCUT2D eigenvalue weighted by Crippen LogP contribution is -2.01. The Labute approximate surface area is 149 Å². The number of hydrogen-bond acceptors (Lipinski definition) is 0. The monoisotopic (exact) mass is 330 g/mol. The van der Waals surface area contributed by atoms with Crippen molar-refractivity contribution in [3.05, 3.63) is 101 Å². The minimum Gasteiger partial charge on any atom is -0.207 e. The van der Waals surface area contributed by atoms with E-state index in [0.717, 1.165) is 24.0 Å². The largest absolute Gasteiger partial charge is 0.207 e. The van der Waals surface area contributed by atoms with Crippen LogP contribution in [0.1, 0.15) is 30.0 Å². The molecule has 0 fully saturated rings. The van der Waals surface area contributed by atoms with Crippen LogP contribution in [0.25, 0.3) is 17.2 Å². The first kappa shape index (κ1) is 17.2. The second-order valence-corrected chi connectivity index (χ2v) is 6.75. The van der Waals surface area contributed by atoms with Gasteiger partial charge in [-0.1, -0.05) is 67.3 Å². The zero-order valence-corrected chi connectivity index (χ0v) is 14.9. The fourth-order valence-corrected chi connectivity index (χ4v) is 3.04. The smallest absolute Gasteiger partial charge is 0.126 e. The maximum Gasteiger partial charge on any atom is 0.126 e. The van der Waals surface area contributed by atoms with E-state index in [1.165, 1.54) is 33.9 Å². The van der Waals surface area contributed by atoms with Crippen molar-refractivity contribution in [3.63, 3.8) is 0 Å². The maximum absolute atomic E-state index is 13.8. The summed E-state index contributed by atoms with van der Waals surface area (Å²) >= 11 is 0. The van der Waals surface area contributed by atoms with Crippen LogP contribution in [-0.4, -0.2) is 0 Å². The van der Waals surface area contributed by atoms with Crippen molar-refractivity contribution >= 4 is 6.08 Å². The van der Waals surface area contributed by atoms with E-state index in [2.05, 4.69) is 68.6 Å². The van der Waals surface area contributed by atoms with Crippen LogP contribution in [0.5, 0.6) is 0 Å². The highest BCUT2D eigenvalue weighted by atomic mass is 19.1. The SMILES string of the molecule is C=C(/C=C(/F)C(=C)C)C1=Cc2ccc(-c3ccc(C)cc3)cc2CC1. The third kappa shape index (κ3) is 3.88. The molecule has 0 unspecified atom stereocenters. The Morgan fingerprint density at radius 2 is 1.68 bits per heavy atom. The van der Waals surface area contributed by atoms with Gasteiger partial charge in [-0.25, -0.2) is 4.39 Å². The van der Waals surface area contributed by atoms with Gasteiger partial charge in [0.1, 0.15) is 5.83 Å². The van der Waals surface area contributed by atoms with Crippen LogP contribution in [0.15, 0.2) is 84.2 Å². The molecule has 0 nitrogen and oxygen atoms in total. The average molecular weight is 330 g/mol. The molecule has 1 heteroatoms. The molecule has 2 aromatic rings. The molecule has 2 aromatic carbocycles. The summed E-state index contributed by atoms with van der Waals surface area (Å²) in [6.07, 6.45) is 5.44. The Morgan fingerprint density at radius 3 is 2.36 bits per heavy atom. The molecule has 0 aliphatic heterocycles. The highest BCUT2D eigenvalue weighted by molar-refractivity contribution is 5.71. The van der Waals surface area contributed by atoms with Crippen molar-refractivity contribution < 1.29 is 4.39 Å². The first-order valence-electron chi connectivity index (χ1n) is 8.57. The molecule has 126 valence electrons. The Bertz CT molecular complexity index is 892. The molecule has 1 aliphatic carbocycles. The second kappa shape index (κ2) is 7.06. The van der Waals surface area contributed by atoms with Gasteiger partial charge in [0.15, 0.2) is 0 Å². The molecule has 0 heterocycles. The minimum absolute atomic E-state index is 0.300. The Morgan fingerprint density at radius 1 is 1.00 bits per heavy atom. The van der Waals surface area contributed by atoms with Crippen LogP contribution >= 0.6 is 0 Å². The van der Waals surface area contributed by atoms with E-state index in [1.807, 2.05) is 0 Å². The molecular weight excluding hydrogens is 307 g/mol. The lowest BCUT2D eigenvalue weighted by atomic mass is 9.87. The Balaban J connectivity index is 1.88.